The summed E-state index contributed by atoms with van der Waals surface area (Å²) in [6, 6.07) is 14.2. The molecule has 0 aliphatic rings. The van der Waals surface area contributed by atoms with E-state index in [0.29, 0.717) is 0 Å². The molecular formula is C22H25N3O3S2. The van der Waals surface area contributed by atoms with E-state index in [4.69, 9.17) is 5.14 Å². The van der Waals surface area contributed by atoms with Crippen molar-refractivity contribution in [2.45, 2.75) is 38.1 Å². The summed E-state index contributed by atoms with van der Waals surface area (Å²) in [5.74, 6) is -0.0324. The Hall–Kier alpha value is -2.55. The third-order valence-corrected chi connectivity index (χ3v) is 7.01. The molecule has 2 aromatic carbocycles. The molecule has 3 rings (SSSR count). The second-order valence-corrected chi connectivity index (χ2v) is 10.2. The molecule has 0 unspecified atom stereocenters. The van der Waals surface area contributed by atoms with E-state index >= 15 is 0 Å². The van der Waals surface area contributed by atoms with Gasteiger partial charge in [-0.3, -0.25) is 4.79 Å². The van der Waals surface area contributed by atoms with Crippen molar-refractivity contribution in [2.75, 3.05) is 7.05 Å². The van der Waals surface area contributed by atoms with E-state index in [0.717, 1.165) is 26.7 Å². The van der Waals surface area contributed by atoms with Crippen molar-refractivity contribution in [2.24, 2.45) is 5.14 Å². The SMILES string of the molecule is Cc1ccc(-c2nc(C)sc2CC(=O)N(C)[C@@H](C)c2ccc(S(N)(=O)=O)cc2)cc1. The van der Waals surface area contributed by atoms with E-state index in [1.165, 1.54) is 29.0 Å². The fourth-order valence-corrected chi connectivity index (χ4v) is 4.63. The first kappa shape index (κ1) is 22.1. The van der Waals surface area contributed by atoms with Gasteiger partial charge in [-0.05, 0) is 38.5 Å². The minimum atomic E-state index is -3.74. The maximum absolute atomic E-state index is 13.0. The van der Waals surface area contributed by atoms with Gasteiger partial charge in [-0.2, -0.15) is 0 Å². The van der Waals surface area contributed by atoms with Gasteiger partial charge in [-0.1, -0.05) is 42.0 Å². The van der Waals surface area contributed by atoms with Crippen LogP contribution < -0.4 is 5.14 Å². The Kier molecular flexibility index (Phi) is 6.40. The lowest BCUT2D eigenvalue weighted by Crippen LogP contribution is -2.31. The number of primary sulfonamides is 1. The number of likely N-dealkylation sites (N-methyl/N-ethyl adjacent to an activating group) is 1. The van der Waals surface area contributed by atoms with Crippen LogP contribution in [0.2, 0.25) is 0 Å². The highest BCUT2D eigenvalue weighted by Crippen LogP contribution is 2.30. The summed E-state index contributed by atoms with van der Waals surface area (Å²) in [6.07, 6.45) is 0.255. The first-order valence-electron chi connectivity index (χ1n) is 9.48. The predicted molar refractivity (Wildman–Crippen MR) is 120 cm³/mol. The monoisotopic (exact) mass is 443 g/mol. The Morgan fingerprint density at radius 2 is 1.70 bits per heavy atom. The molecule has 0 saturated carbocycles. The van der Waals surface area contributed by atoms with Crippen LogP contribution in [0.3, 0.4) is 0 Å². The number of carbonyl (C=O) groups excluding carboxylic acids is 1. The van der Waals surface area contributed by atoms with Crippen LogP contribution in [-0.2, 0) is 21.2 Å². The standard InChI is InChI=1S/C22H25N3O3S2/c1-14-5-7-18(8-6-14)22-20(29-16(3)24-22)13-21(26)25(4)15(2)17-9-11-19(12-10-17)30(23,27)28/h5-12,15H,13H2,1-4H3,(H2,23,27,28)/t15-/m0/s1. The predicted octanol–water partition coefficient (Wildman–Crippen LogP) is 3.84. The third-order valence-electron chi connectivity index (χ3n) is 5.11. The Morgan fingerprint density at radius 1 is 1.10 bits per heavy atom. The molecule has 1 heterocycles. The number of rotatable bonds is 6. The fraction of sp³-hybridized carbons (Fsp3) is 0.273. The fourth-order valence-electron chi connectivity index (χ4n) is 3.16. The van der Waals surface area contributed by atoms with Crippen molar-refractivity contribution in [3.8, 4) is 11.3 Å². The number of hydrogen-bond acceptors (Lipinski definition) is 5. The molecule has 6 nitrogen and oxygen atoms in total. The minimum absolute atomic E-state index is 0.0324. The molecule has 2 N–H and O–H groups in total. The van der Waals surface area contributed by atoms with Crippen LogP contribution in [0, 0.1) is 13.8 Å². The zero-order valence-corrected chi connectivity index (χ0v) is 19.0. The number of nitrogens with zero attached hydrogens (tertiary/aromatic N) is 2. The number of aromatic nitrogens is 1. The number of aryl methyl sites for hydroxylation is 2. The quantitative estimate of drug-likeness (QED) is 0.626. The number of sulfonamides is 1. The topological polar surface area (TPSA) is 93.4 Å². The highest BCUT2D eigenvalue weighted by molar-refractivity contribution is 7.89. The summed E-state index contributed by atoms with van der Waals surface area (Å²) in [5.41, 5.74) is 3.86. The number of carbonyl (C=O) groups is 1. The lowest BCUT2D eigenvalue weighted by Gasteiger charge is -2.25. The maximum Gasteiger partial charge on any atom is 0.238 e. The first-order valence-corrected chi connectivity index (χ1v) is 11.8. The van der Waals surface area contributed by atoms with Crippen molar-refractivity contribution in [3.05, 3.63) is 69.5 Å². The van der Waals surface area contributed by atoms with Crippen molar-refractivity contribution < 1.29 is 13.2 Å². The van der Waals surface area contributed by atoms with Crippen molar-refractivity contribution in [1.29, 1.82) is 0 Å². The van der Waals surface area contributed by atoms with E-state index in [1.807, 2.05) is 45.0 Å². The largest absolute Gasteiger partial charge is 0.339 e. The Balaban J connectivity index is 1.78. The molecule has 0 bridgehead atoms. The Bertz CT molecular complexity index is 1150. The average molecular weight is 444 g/mol. The Labute approximate surface area is 181 Å². The van der Waals surface area contributed by atoms with Gasteiger partial charge in [0.05, 0.1) is 28.1 Å². The van der Waals surface area contributed by atoms with E-state index in [-0.39, 0.29) is 23.3 Å². The highest BCUT2D eigenvalue weighted by atomic mass is 32.2. The van der Waals surface area contributed by atoms with Crippen molar-refractivity contribution in [1.82, 2.24) is 9.88 Å². The van der Waals surface area contributed by atoms with Gasteiger partial charge in [0.25, 0.3) is 0 Å². The van der Waals surface area contributed by atoms with Gasteiger partial charge >= 0.3 is 0 Å². The molecule has 1 amide bonds. The van der Waals surface area contributed by atoms with E-state index in [2.05, 4.69) is 4.98 Å². The molecule has 0 aliphatic heterocycles. The van der Waals surface area contributed by atoms with Crippen LogP contribution in [-0.4, -0.2) is 31.3 Å². The number of thiazole rings is 1. The summed E-state index contributed by atoms with van der Waals surface area (Å²) in [4.78, 5) is 20.3. The zero-order valence-electron chi connectivity index (χ0n) is 17.4. The molecule has 158 valence electrons. The molecule has 3 aromatic rings. The molecular weight excluding hydrogens is 418 g/mol. The summed E-state index contributed by atoms with van der Waals surface area (Å²) in [6.45, 7) is 5.88. The molecule has 0 aliphatic carbocycles. The normalized spacial score (nSPS) is 12.6. The molecule has 0 radical (unpaired) electrons. The van der Waals surface area contributed by atoms with Gasteiger partial charge < -0.3 is 4.90 Å². The molecule has 0 spiro atoms. The van der Waals surface area contributed by atoms with Crippen LogP contribution in [0.4, 0.5) is 0 Å². The molecule has 8 heteroatoms. The van der Waals surface area contributed by atoms with E-state index < -0.39 is 10.0 Å². The molecule has 0 saturated heterocycles. The number of amides is 1. The summed E-state index contributed by atoms with van der Waals surface area (Å²) < 4.78 is 22.9. The summed E-state index contributed by atoms with van der Waals surface area (Å²) in [7, 11) is -1.99. The zero-order chi connectivity index (χ0) is 22.1. The third kappa shape index (κ3) is 4.95. The Morgan fingerprint density at radius 3 is 2.27 bits per heavy atom. The summed E-state index contributed by atoms with van der Waals surface area (Å²) >= 11 is 1.53. The van der Waals surface area contributed by atoms with Gasteiger partial charge in [-0.15, -0.1) is 11.3 Å². The first-order chi connectivity index (χ1) is 14.1. The maximum atomic E-state index is 13.0. The lowest BCUT2D eigenvalue weighted by molar-refractivity contribution is -0.131. The second-order valence-electron chi connectivity index (χ2n) is 7.34. The lowest BCUT2D eigenvalue weighted by atomic mass is 10.1. The van der Waals surface area contributed by atoms with Gasteiger partial charge in [0.15, 0.2) is 0 Å². The van der Waals surface area contributed by atoms with Crippen molar-refractivity contribution >= 4 is 27.3 Å². The van der Waals surface area contributed by atoms with Gasteiger partial charge in [-0.25, -0.2) is 18.5 Å². The minimum Gasteiger partial charge on any atom is -0.339 e. The summed E-state index contributed by atoms with van der Waals surface area (Å²) in [5, 5.41) is 6.07. The van der Waals surface area contributed by atoms with Crippen LogP contribution in [0.5, 0.6) is 0 Å². The van der Waals surface area contributed by atoms with E-state index in [9.17, 15) is 13.2 Å². The number of hydrogen-bond donors (Lipinski definition) is 1. The van der Waals surface area contributed by atoms with Gasteiger partial charge in [0.1, 0.15) is 0 Å². The van der Waals surface area contributed by atoms with Crippen LogP contribution >= 0.6 is 11.3 Å². The van der Waals surface area contributed by atoms with Crippen LogP contribution in [0.1, 0.15) is 34.0 Å². The molecule has 1 aromatic heterocycles. The highest BCUT2D eigenvalue weighted by Gasteiger charge is 2.21. The van der Waals surface area contributed by atoms with Crippen molar-refractivity contribution in [3.63, 3.8) is 0 Å². The number of nitrogens with two attached hydrogens (primary N) is 1. The van der Waals surface area contributed by atoms with Crippen LogP contribution in [0.15, 0.2) is 53.4 Å². The molecule has 0 fully saturated rings. The number of benzene rings is 2. The van der Waals surface area contributed by atoms with E-state index in [1.54, 1.807) is 24.1 Å². The van der Waals surface area contributed by atoms with Crippen LogP contribution in [0.25, 0.3) is 11.3 Å². The second kappa shape index (κ2) is 8.67. The van der Waals surface area contributed by atoms with Gasteiger partial charge in [0.2, 0.25) is 15.9 Å². The average Bonchev–Trinajstić information content (AvgIpc) is 3.06. The van der Waals surface area contributed by atoms with Gasteiger partial charge in [0, 0.05) is 17.5 Å². The molecule has 1 atom stereocenters. The molecule has 30 heavy (non-hydrogen) atoms. The smallest absolute Gasteiger partial charge is 0.238 e.